The van der Waals surface area contributed by atoms with Gasteiger partial charge in [0.15, 0.2) is 0 Å². The van der Waals surface area contributed by atoms with Crippen LogP contribution in [0.3, 0.4) is 0 Å². The minimum Gasteiger partial charge on any atom is -0.356 e. The van der Waals surface area contributed by atoms with Crippen LogP contribution in [0.1, 0.15) is 6.92 Å². The van der Waals surface area contributed by atoms with Gasteiger partial charge in [-0.25, -0.2) is 0 Å². The summed E-state index contributed by atoms with van der Waals surface area (Å²) in [4.78, 5) is 20.4. The van der Waals surface area contributed by atoms with Crippen molar-refractivity contribution in [2.45, 2.75) is 6.92 Å². The molecule has 0 unspecified atom stereocenters. The summed E-state index contributed by atoms with van der Waals surface area (Å²) < 4.78 is 0. The lowest BCUT2D eigenvalue weighted by Gasteiger charge is -1.95. The Hall–Kier alpha value is -1.32. The lowest BCUT2D eigenvalue weighted by atomic mass is 10.4. The first kappa shape index (κ1) is 8.68. The van der Waals surface area contributed by atoms with E-state index >= 15 is 0 Å². The molecule has 0 fully saturated rings. The fraction of sp³-hybridized carbons (Fsp3) is 0.333. The Bertz CT molecular complexity index is 163. The summed E-state index contributed by atoms with van der Waals surface area (Å²) >= 11 is 0. The summed E-state index contributed by atoms with van der Waals surface area (Å²) in [6, 6.07) is 0. The quantitative estimate of drug-likeness (QED) is 0.407. The average Bonchev–Trinajstić information content (AvgIpc) is 1.88. The van der Waals surface area contributed by atoms with Gasteiger partial charge in [0.2, 0.25) is 12.3 Å². The van der Waals surface area contributed by atoms with Crippen molar-refractivity contribution in [1.29, 1.82) is 0 Å². The third kappa shape index (κ3) is 3.65. The first-order valence-corrected chi connectivity index (χ1v) is 2.81. The van der Waals surface area contributed by atoms with E-state index in [2.05, 4.69) is 10.6 Å². The van der Waals surface area contributed by atoms with Gasteiger partial charge in [-0.2, -0.15) is 0 Å². The van der Waals surface area contributed by atoms with Crippen LogP contribution in [0, 0.1) is 0 Å². The second kappa shape index (κ2) is 4.55. The van der Waals surface area contributed by atoms with Crippen molar-refractivity contribution in [3.05, 3.63) is 11.8 Å². The highest BCUT2D eigenvalue weighted by Crippen LogP contribution is 1.82. The molecular formula is C6H10N2O2. The highest BCUT2D eigenvalue weighted by Gasteiger charge is 1.91. The number of carbonyl (C=O) groups excluding carboxylic acids is 2. The molecule has 0 aromatic carbocycles. The maximum atomic E-state index is 10.6. The summed E-state index contributed by atoms with van der Waals surface area (Å²) in [5.41, 5.74) is 0.523. The molecule has 10 heavy (non-hydrogen) atoms. The summed E-state index contributed by atoms with van der Waals surface area (Å²) in [7, 11) is 1.52. The molecule has 0 rings (SSSR count). The number of amides is 2. The first-order chi connectivity index (χ1) is 4.70. The van der Waals surface area contributed by atoms with E-state index in [-0.39, 0.29) is 5.91 Å². The topological polar surface area (TPSA) is 58.2 Å². The van der Waals surface area contributed by atoms with E-state index < -0.39 is 0 Å². The Morgan fingerprint density at radius 1 is 1.50 bits per heavy atom. The number of hydrogen-bond acceptors (Lipinski definition) is 2. The average molecular weight is 142 g/mol. The Balaban J connectivity index is 3.88. The van der Waals surface area contributed by atoms with Gasteiger partial charge in [-0.15, -0.1) is 0 Å². The van der Waals surface area contributed by atoms with Gasteiger partial charge in [0.05, 0.1) is 0 Å². The molecule has 2 N–H and O–H groups in total. The SMILES string of the molecule is CNC(=O)C=C(C)NC=O. The first-order valence-electron chi connectivity index (χ1n) is 2.81. The zero-order valence-corrected chi connectivity index (χ0v) is 5.97. The molecule has 0 radical (unpaired) electrons. The van der Waals surface area contributed by atoms with E-state index in [1.165, 1.54) is 13.1 Å². The highest BCUT2D eigenvalue weighted by molar-refractivity contribution is 5.88. The number of nitrogens with one attached hydrogen (secondary N) is 2. The molecule has 0 aliphatic carbocycles. The molecule has 0 aromatic rings. The van der Waals surface area contributed by atoms with Crippen LogP contribution in [0.4, 0.5) is 0 Å². The molecule has 56 valence electrons. The van der Waals surface area contributed by atoms with Crippen molar-refractivity contribution in [2.75, 3.05) is 7.05 Å². The second-order valence-electron chi connectivity index (χ2n) is 1.70. The van der Waals surface area contributed by atoms with E-state index in [4.69, 9.17) is 0 Å². The van der Waals surface area contributed by atoms with Crippen LogP contribution in [0.5, 0.6) is 0 Å². The predicted octanol–water partition coefficient (Wildman–Crippen LogP) is -0.618. The smallest absolute Gasteiger partial charge is 0.245 e. The minimum absolute atomic E-state index is 0.230. The maximum absolute atomic E-state index is 10.6. The largest absolute Gasteiger partial charge is 0.356 e. The fourth-order valence-corrected chi connectivity index (χ4v) is 0.403. The van der Waals surface area contributed by atoms with E-state index in [1.54, 1.807) is 6.92 Å². The van der Waals surface area contributed by atoms with Crippen LogP contribution < -0.4 is 10.6 Å². The third-order valence-electron chi connectivity index (χ3n) is 0.881. The standard InChI is InChI=1S/C6H10N2O2/c1-5(8-4-9)3-6(10)7-2/h3-4H,1-2H3,(H,7,10)(H,8,9). The molecule has 2 amide bonds. The van der Waals surface area contributed by atoms with Crippen LogP contribution in [0.2, 0.25) is 0 Å². The number of hydrogen-bond donors (Lipinski definition) is 2. The Labute approximate surface area is 59.3 Å². The van der Waals surface area contributed by atoms with E-state index in [1.807, 2.05) is 0 Å². The van der Waals surface area contributed by atoms with Gasteiger partial charge in [-0.1, -0.05) is 0 Å². The second-order valence-corrected chi connectivity index (χ2v) is 1.70. The van der Waals surface area contributed by atoms with Crippen molar-refractivity contribution < 1.29 is 9.59 Å². The third-order valence-corrected chi connectivity index (χ3v) is 0.881. The van der Waals surface area contributed by atoms with Gasteiger partial charge in [0.25, 0.3) is 0 Å². The monoisotopic (exact) mass is 142 g/mol. The lowest BCUT2D eigenvalue weighted by molar-refractivity contribution is -0.116. The fourth-order valence-electron chi connectivity index (χ4n) is 0.403. The van der Waals surface area contributed by atoms with Crippen molar-refractivity contribution in [2.24, 2.45) is 0 Å². The Morgan fingerprint density at radius 2 is 2.10 bits per heavy atom. The zero-order chi connectivity index (χ0) is 7.98. The molecule has 0 bridgehead atoms. The number of rotatable bonds is 3. The molecule has 0 aromatic heterocycles. The van der Waals surface area contributed by atoms with Crippen LogP contribution >= 0.6 is 0 Å². The van der Waals surface area contributed by atoms with Crippen molar-refractivity contribution in [1.82, 2.24) is 10.6 Å². The van der Waals surface area contributed by atoms with Gasteiger partial charge in [0, 0.05) is 18.8 Å². The number of carbonyl (C=O) groups is 2. The minimum atomic E-state index is -0.230. The maximum Gasteiger partial charge on any atom is 0.245 e. The molecular weight excluding hydrogens is 132 g/mol. The molecule has 0 saturated heterocycles. The molecule has 0 saturated carbocycles. The summed E-state index contributed by atoms with van der Waals surface area (Å²) in [6.45, 7) is 1.63. The van der Waals surface area contributed by atoms with Gasteiger partial charge in [-0.3, -0.25) is 9.59 Å². The van der Waals surface area contributed by atoms with Gasteiger partial charge in [0.1, 0.15) is 0 Å². The number of likely N-dealkylation sites (N-methyl/N-ethyl adjacent to an activating group) is 1. The van der Waals surface area contributed by atoms with E-state index in [0.717, 1.165) is 0 Å². The van der Waals surface area contributed by atoms with Crippen LogP contribution in [-0.4, -0.2) is 19.4 Å². The molecule has 4 heteroatoms. The molecule has 0 heterocycles. The van der Waals surface area contributed by atoms with E-state index in [0.29, 0.717) is 12.1 Å². The van der Waals surface area contributed by atoms with Crippen LogP contribution in [-0.2, 0) is 9.59 Å². The van der Waals surface area contributed by atoms with Gasteiger partial charge >= 0.3 is 0 Å². The zero-order valence-electron chi connectivity index (χ0n) is 5.97. The van der Waals surface area contributed by atoms with Crippen molar-refractivity contribution in [3.8, 4) is 0 Å². The molecule has 0 atom stereocenters. The van der Waals surface area contributed by atoms with Crippen molar-refractivity contribution in [3.63, 3.8) is 0 Å². The molecule has 0 spiro atoms. The Morgan fingerprint density at radius 3 is 2.50 bits per heavy atom. The van der Waals surface area contributed by atoms with Crippen LogP contribution in [0.25, 0.3) is 0 Å². The van der Waals surface area contributed by atoms with Gasteiger partial charge < -0.3 is 10.6 Å². The Kier molecular flexibility index (Phi) is 3.95. The summed E-state index contributed by atoms with van der Waals surface area (Å²) in [5.74, 6) is -0.230. The highest BCUT2D eigenvalue weighted by atomic mass is 16.1. The summed E-state index contributed by atoms with van der Waals surface area (Å²) in [5, 5.41) is 4.71. The number of allylic oxidation sites excluding steroid dienone is 1. The normalized spacial score (nSPS) is 10.4. The van der Waals surface area contributed by atoms with Gasteiger partial charge in [-0.05, 0) is 6.92 Å². The predicted molar refractivity (Wildman–Crippen MR) is 37.0 cm³/mol. The van der Waals surface area contributed by atoms with Crippen molar-refractivity contribution >= 4 is 12.3 Å². The molecule has 0 aliphatic rings. The summed E-state index contributed by atoms with van der Waals surface area (Å²) in [6.07, 6.45) is 1.82. The van der Waals surface area contributed by atoms with Crippen LogP contribution in [0.15, 0.2) is 11.8 Å². The molecule has 0 aliphatic heterocycles. The van der Waals surface area contributed by atoms with E-state index in [9.17, 15) is 9.59 Å². The lowest BCUT2D eigenvalue weighted by Crippen LogP contribution is -2.17. The molecule has 4 nitrogen and oxygen atoms in total.